The van der Waals surface area contributed by atoms with Gasteiger partial charge in [0.15, 0.2) is 5.78 Å². The minimum Gasteiger partial charge on any atom is -0.361 e. The Bertz CT molecular complexity index is 1110. The van der Waals surface area contributed by atoms with Gasteiger partial charge in [0.05, 0.1) is 18.1 Å². The number of carbonyl (C=O) groups excluding carboxylic acids is 1. The SMILES string of the molecule is CC(C)(C)c1ccc(C(F)(F)F)cc1[N+]#CCC1C([C@@]2(C)CC[C@@H]3O[C@@H]3C2=O)CC[C@]2(C)CCC[C@@H]12. The van der Waals surface area contributed by atoms with Gasteiger partial charge in [-0.05, 0) is 84.1 Å². The number of halogens is 3. The van der Waals surface area contributed by atoms with Gasteiger partial charge in [-0.1, -0.05) is 41.0 Å². The third-order valence-corrected chi connectivity index (χ3v) is 10.0. The first-order valence-electron chi connectivity index (χ1n) is 13.6. The molecule has 4 fully saturated rings. The van der Waals surface area contributed by atoms with E-state index in [4.69, 9.17) is 4.74 Å². The minimum atomic E-state index is -4.42. The quantitative estimate of drug-likeness (QED) is 0.381. The highest BCUT2D eigenvalue weighted by Crippen LogP contribution is 2.62. The second-order valence-electron chi connectivity index (χ2n) is 13.3. The van der Waals surface area contributed by atoms with Crippen molar-refractivity contribution in [2.75, 3.05) is 0 Å². The predicted molar refractivity (Wildman–Crippen MR) is 134 cm³/mol. The van der Waals surface area contributed by atoms with E-state index in [2.05, 4.69) is 24.8 Å². The molecule has 1 heterocycles. The van der Waals surface area contributed by atoms with E-state index in [-0.39, 0.29) is 40.7 Å². The lowest BCUT2D eigenvalue weighted by atomic mass is 9.51. The molecule has 2 unspecified atom stereocenters. The Labute approximate surface area is 213 Å². The maximum absolute atomic E-state index is 13.5. The molecule has 0 radical (unpaired) electrons. The summed E-state index contributed by atoms with van der Waals surface area (Å²) in [5, 5.41) is 0. The predicted octanol–water partition coefficient (Wildman–Crippen LogP) is 8.33. The van der Waals surface area contributed by atoms with Crippen molar-refractivity contribution < 1.29 is 22.7 Å². The number of fused-ring (bicyclic) bond motifs is 2. The molecular formula is C30H39F3NO2+. The van der Waals surface area contributed by atoms with Crippen LogP contribution in [-0.2, 0) is 21.1 Å². The molecular weight excluding hydrogens is 463 g/mol. The van der Waals surface area contributed by atoms with Crippen LogP contribution in [-0.4, -0.2) is 18.0 Å². The summed E-state index contributed by atoms with van der Waals surface area (Å²) in [7, 11) is 0. The van der Waals surface area contributed by atoms with Crippen molar-refractivity contribution in [3.8, 4) is 6.07 Å². The first-order valence-corrected chi connectivity index (χ1v) is 13.6. The zero-order valence-electron chi connectivity index (χ0n) is 22.2. The van der Waals surface area contributed by atoms with Gasteiger partial charge in [0.25, 0.3) is 6.07 Å². The first-order chi connectivity index (χ1) is 16.7. The number of Topliss-reactive ketones (excluding diaryl/α,β-unsaturated/α-hetero) is 1. The molecule has 0 aromatic heterocycles. The molecule has 7 atom stereocenters. The molecule has 196 valence electrons. The summed E-state index contributed by atoms with van der Waals surface area (Å²) in [4.78, 5) is 18.0. The van der Waals surface area contributed by atoms with Crippen molar-refractivity contribution in [2.24, 2.45) is 28.6 Å². The Morgan fingerprint density at radius 3 is 2.50 bits per heavy atom. The van der Waals surface area contributed by atoms with Crippen LogP contribution in [0.1, 0.15) is 97.1 Å². The average molecular weight is 503 g/mol. The topological polar surface area (TPSA) is 34.0 Å². The van der Waals surface area contributed by atoms with E-state index in [1.165, 1.54) is 12.8 Å². The molecule has 0 bridgehead atoms. The van der Waals surface area contributed by atoms with Crippen LogP contribution in [0.4, 0.5) is 18.9 Å². The monoisotopic (exact) mass is 502 g/mol. The van der Waals surface area contributed by atoms with Crippen LogP contribution in [0.3, 0.4) is 0 Å². The number of benzene rings is 1. The van der Waals surface area contributed by atoms with E-state index in [0.717, 1.165) is 49.8 Å². The van der Waals surface area contributed by atoms with Gasteiger partial charge < -0.3 is 4.74 Å². The Hall–Kier alpha value is -1.87. The number of carbonyl (C=O) groups is 1. The highest BCUT2D eigenvalue weighted by atomic mass is 19.4. The first kappa shape index (κ1) is 25.8. The van der Waals surface area contributed by atoms with Crippen LogP contribution >= 0.6 is 0 Å². The smallest absolute Gasteiger partial charge is 0.361 e. The fourth-order valence-corrected chi connectivity index (χ4v) is 7.88. The van der Waals surface area contributed by atoms with E-state index in [1.54, 1.807) is 6.07 Å². The van der Waals surface area contributed by atoms with Gasteiger partial charge in [-0.2, -0.15) is 13.2 Å². The lowest BCUT2D eigenvalue weighted by Crippen LogP contribution is -2.50. The van der Waals surface area contributed by atoms with Crippen molar-refractivity contribution in [1.29, 1.82) is 0 Å². The molecule has 1 aromatic carbocycles. The zero-order valence-corrected chi connectivity index (χ0v) is 22.2. The van der Waals surface area contributed by atoms with Gasteiger partial charge >= 0.3 is 11.9 Å². The van der Waals surface area contributed by atoms with Crippen molar-refractivity contribution in [2.45, 2.75) is 110 Å². The number of ether oxygens (including phenoxy) is 1. The summed E-state index contributed by atoms with van der Waals surface area (Å²) in [6.07, 6.45) is 3.54. The maximum atomic E-state index is 13.5. The highest BCUT2D eigenvalue weighted by molar-refractivity contribution is 5.92. The fourth-order valence-electron chi connectivity index (χ4n) is 7.88. The minimum absolute atomic E-state index is 0.120. The van der Waals surface area contributed by atoms with Gasteiger partial charge in [0.2, 0.25) is 0 Å². The summed E-state index contributed by atoms with van der Waals surface area (Å²) < 4.78 is 46.1. The van der Waals surface area contributed by atoms with Crippen LogP contribution in [0, 0.1) is 34.7 Å². The third kappa shape index (κ3) is 4.40. The second-order valence-corrected chi connectivity index (χ2v) is 13.3. The number of alkyl halides is 3. The summed E-state index contributed by atoms with van der Waals surface area (Å²) in [6, 6.07) is 7.08. The summed E-state index contributed by atoms with van der Waals surface area (Å²) >= 11 is 0. The zero-order chi connectivity index (χ0) is 26.1. The molecule has 0 spiro atoms. The van der Waals surface area contributed by atoms with Gasteiger partial charge in [-0.25, -0.2) is 0 Å². The standard InChI is InChI=1S/C30H39F3NO2/c1-27(2,3)22-9-8-18(30(31,32)33)17-23(22)34-16-12-19-20-7-6-13-28(20,4)14-10-21(19)29(5)15-11-24-25(36-24)26(29)35/h8-9,17,19-21,24-25H,6-7,10-15H2,1-5H3/q+1/t19?,20-,21?,24-,25-,28-,29+/m0/s1. The number of epoxide rings is 1. The molecule has 6 heteroatoms. The molecule has 0 amide bonds. The van der Waals surface area contributed by atoms with E-state index >= 15 is 0 Å². The van der Waals surface area contributed by atoms with Crippen molar-refractivity contribution in [3.63, 3.8) is 0 Å². The van der Waals surface area contributed by atoms with E-state index in [9.17, 15) is 18.0 Å². The molecule has 3 saturated carbocycles. The van der Waals surface area contributed by atoms with Gasteiger partial charge in [0.1, 0.15) is 6.10 Å². The molecule has 1 saturated heterocycles. The number of hydrogen-bond acceptors (Lipinski definition) is 2. The number of hydrogen-bond donors (Lipinski definition) is 0. The number of rotatable bonds is 2. The molecule has 5 rings (SSSR count). The normalized spacial score (nSPS) is 38.1. The van der Waals surface area contributed by atoms with Crippen LogP contribution in [0.25, 0.3) is 4.85 Å². The lowest BCUT2D eigenvalue weighted by molar-refractivity contribution is -0.139. The van der Waals surface area contributed by atoms with E-state index < -0.39 is 17.2 Å². The largest absolute Gasteiger partial charge is 0.416 e. The lowest BCUT2D eigenvalue weighted by Gasteiger charge is -2.51. The number of ketones is 1. The van der Waals surface area contributed by atoms with Crippen molar-refractivity contribution in [3.05, 3.63) is 34.2 Å². The Morgan fingerprint density at radius 1 is 1.06 bits per heavy atom. The molecule has 3 aliphatic carbocycles. The van der Waals surface area contributed by atoms with Crippen molar-refractivity contribution >= 4 is 11.5 Å². The van der Waals surface area contributed by atoms with E-state index in [1.807, 2.05) is 20.8 Å². The molecule has 4 aliphatic rings. The maximum Gasteiger partial charge on any atom is 0.416 e. The van der Waals surface area contributed by atoms with Crippen LogP contribution in [0.15, 0.2) is 18.2 Å². The Balaban J connectivity index is 1.48. The van der Waals surface area contributed by atoms with Crippen LogP contribution < -0.4 is 0 Å². The molecule has 3 nitrogen and oxygen atoms in total. The van der Waals surface area contributed by atoms with Crippen LogP contribution in [0.2, 0.25) is 0 Å². The van der Waals surface area contributed by atoms with Gasteiger partial charge in [0, 0.05) is 17.0 Å². The van der Waals surface area contributed by atoms with Gasteiger partial charge in [-0.15, -0.1) is 0 Å². The summed E-state index contributed by atoms with van der Waals surface area (Å²) in [6.45, 7) is 10.5. The van der Waals surface area contributed by atoms with E-state index in [0.29, 0.717) is 18.0 Å². The number of nitrogens with zero attached hydrogens (tertiary/aromatic N) is 1. The van der Waals surface area contributed by atoms with Gasteiger partial charge in [-0.3, -0.25) is 4.79 Å². The highest BCUT2D eigenvalue weighted by Gasteiger charge is 2.62. The fraction of sp³-hybridized carbons (Fsp3) is 0.733. The Morgan fingerprint density at radius 2 is 1.81 bits per heavy atom. The van der Waals surface area contributed by atoms with Crippen molar-refractivity contribution in [1.82, 2.24) is 0 Å². The molecule has 36 heavy (non-hydrogen) atoms. The molecule has 1 aliphatic heterocycles. The second kappa shape index (κ2) is 8.58. The summed E-state index contributed by atoms with van der Waals surface area (Å²) in [5.41, 5.74) is -0.0454. The third-order valence-electron chi connectivity index (χ3n) is 10.0. The average Bonchev–Trinajstić information content (AvgIpc) is 3.47. The summed E-state index contributed by atoms with van der Waals surface area (Å²) in [5.74, 6) is 1.24. The Kier molecular flexibility index (Phi) is 6.14. The molecule has 1 aromatic rings. The molecule has 0 N–H and O–H groups in total. The van der Waals surface area contributed by atoms with Crippen LogP contribution in [0.5, 0.6) is 0 Å².